The maximum Gasteiger partial charge on any atom is 0.271 e. The number of carbonyl (C=O) groups excluding carboxylic acids is 3. The van der Waals surface area contributed by atoms with Gasteiger partial charge >= 0.3 is 0 Å². The number of nitrogens with zero attached hydrogens (tertiary/aromatic N) is 6. The fourth-order valence-corrected chi connectivity index (χ4v) is 8.02. The number of amides is 2. The zero-order valence-electron chi connectivity index (χ0n) is 34.2. The van der Waals surface area contributed by atoms with Gasteiger partial charge in [-0.15, -0.1) is 16.4 Å². The molecule has 7 atom stereocenters. The highest BCUT2D eigenvalue weighted by Crippen LogP contribution is 2.33. The molecule has 2 amide bonds. The topological polar surface area (TPSA) is 149 Å². The molecule has 2 N–H and O–H groups in total. The number of likely N-dealkylation sites (N-methyl/N-ethyl adjacent to an activating group) is 1. The molecule has 0 aliphatic carbocycles. The molecule has 0 fully saturated rings. The summed E-state index contributed by atoms with van der Waals surface area (Å²) < 4.78 is 6.45. The van der Waals surface area contributed by atoms with Crippen molar-refractivity contribution in [3.8, 4) is 5.75 Å². The van der Waals surface area contributed by atoms with E-state index < -0.39 is 18.1 Å². The average molecular weight is 768 g/mol. The summed E-state index contributed by atoms with van der Waals surface area (Å²) in [5.41, 5.74) is 1.84. The Balaban J connectivity index is 1.89. The largest absolute Gasteiger partial charge is 0.508 e. The van der Waals surface area contributed by atoms with Crippen molar-refractivity contribution >= 4 is 34.6 Å². The molecule has 1 aliphatic rings. The smallest absolute Gasteiger partial charge is 0.271 e. The first kappa shape index (κ1) is 44.8. The molecule has 3 rings (SSSR count). The molecule has 0 spiro atoms. The molecule has 12 nitrogen and oxygen atoms in total. The highest BCUT2D eigenvalue weighted by atomic mass is 32.1. The normalized spacial score (nSPS) is 16.8. The van der Waals surface area contributed by atoms with Crippen LogP contribution < -0.4 is 5.32 Å². The van der Waals surface area contributed by atoms with Crippen LogP contribution in [0.3, 0.4) is 0 Å². The number of aromatic nitrogens is 1. The number of ether oxygens (including phenoxy) is 1. The number of benzene rings is 1. The Morgan fingerprint density at radius 3 is 2.22 bits per heavy atom. The first-order valence-electron chi connectivity index (χ1n) is 19.8. The van der Waals surface area contributed by atoms with Gasteiger partial charge in [-0.3, -0.25) is 19.3 Å². The van der Waals surface area contributed by atoms with E-state index in [9.17, 15) is 19.5 Å². The number of rotatable bonds is 24. The van der Waals surface area contributed by atoms with Crippen LogP contribution in [0.2, 0.25) is 0 Å². The van der Waals surface area contributed by atoms with Crippen LogP contribution in [0.4, 0.5) is 0 Å². The molecule has 300 valence electrons. The summed E-state index contributed by atoms with van der Waals surface area (Å²) in [5.74, 6) is -0.128. The Morgan fingerprint density at radius 1 is 0.981 bits per heavy atom. The van der Waals surface area contributed by atoms with Gasteiger partial charge in [-0.05, 0) is 74.0 Å². The van der Waals surface area contributed by atoms with Crippen molar-refractivity contribution in [2.75, 3.05) is 33.8 Å². The lowest BCUT2D eigenvalue weighted by molar-refractivity contribution is -0.145. The predicted molar refractivity (Wildman–Crippen MR) is 216 cm³/mol. The van der Waals surface area contributed by atoms with Crippen LogP contribution >= 0.6 is 11.3 Å². The molecule has 13 heteroatoms. The molecule has 1 aliphatic heterocycles. The molecular formula is C41H65N7O5S. The van der Waals surface area contributed by atoms with E-state index in [-0.39, 0.29) is 65.3 Å². The summed E-state index contributed by atoms with van der Waals surface area (Å²) in [5, 5.41) is 27.1. The van der Waals surface area contributed by atoms with Gasteiger partial charge in [-0.1, -0.05) is 80.4 Å². The van der Waals surface area contributed by atoms with Gasteiger partial charge in [-0.2, -0.15) is 5.11 Å². The lowest BCUT2D eigenvalue weighted by Gasteiger charge is -2.40. The molecule has 1 aromatic carbocycles. The number of carbonyl (C=O) groups is 3. The number of aromatic hydroxyl groups is 1. The van der Waals surface area contributed by atoms with Gasteiger partial charge in [0.25, 0.3) is 5.91 Å². The summed E-state index contributed by atoms with van der Waals surface area (Å²) in [6.07, 6.45) is 4.00. The minimum Gasteiger partial charge on any atom is -0.508 e. The van der Waals surface area contributed by atoms with Crippen molar-refractivity contribution in [2.24, 2.45) is 39.1 Å². The van der Waals surface area contributed by atoms with Gasteiger partial charge in [0.1, 0.15) is 29.1 Å². The standard InChI is InChI=1S/C41H65N7O5S/c1-11-19-48(41(52)31(27(7)13-3)22-36(50)38(47(9)10)28(8)14-4)35(26(5)6)23-37(53-20-12-2)40-44-34(25-54-40)39(51)43-32(33-24-42-46-45-33)21-29-15-17-30(49)18-16-29/h15-18,25-28,31-32,35,37-38,49H,11-14,19-24H2,1-10H3,(H,43,51)/t27-,28-,31-,32-,35+,37+,38+/m0/s1. The fraction of sp³-hybridized carbons (Fsp3) is 0.683. The minimum absolute atomic E-state index is 0.0290. The van der Waals surface area contributed by atoms with Crippen LogP contribution in [-0.2, 0) is 20.7 Å². The molecule has 2 aromatic rings. The van der Waals surface area contributed by atoms with Gasteiger partial charge in [0.15, 0.2) is 5.78 Å². The zero-order chi connectivity index (χ0) is 39.9. The number of ketones is 1. The van der Waals surface area contributed by atoms with E-state index in [1.54, 1.807) is 17.5 Å². The van der Waals surface area contributed by atoms with Crippen LogP contribution in [-0.4, -0.2) is 95.1 Å². The molecule has 0 saturated heterocycles. The van der Waals surface area contributed by atoms with Crippen molar-refractivity contribution in [2.45, 2.75) is 125 Å². The van der Waals surface area contributed by atoms with Crippen molar-refractivity contribution in [3.63, 3.8) is 0 Å². The second-order valence-corrected chi connectivity index (χ2v) is 16.2. The molecule has 0 saturated carbocycles. The third-order valence-electron chi connectivity index (χ3n) is 10.6. The Hall–Kier alpha value is -3.55. The summed E-state index contributed by atoms with van der Waals surface area (Å²) in [6, 6.07) is 5.96. The summed E-state index contributed by atoms with van der Waals surface area (Å²) in [6.45, 7) is 18.2. The molecule has 54 heavy (non-hydrogen) atoms. The highest BCUT2D eigenvalue weighted by molar-refractivity contribution is 7.09. The quantitative estimate of drug-likeness (QED) is 0.111. The molecule has 2 heterocycles. The van der Waals surface area contributed by atoms with Crippen LogP contribution in [0.15, 0.2) is 45.1 Å². The minimum atomic E-state index is -0.461. The number of phenols is 1. The van der Waals surface area contributed by atoms with Gasteiger partial charge in [0.2, 0.25) is 5.91 Å². The zero-order valence-corrected chi connectivity index (χ0v) is 35.1. The van der Waals surface area contributed by atoms with Gasteiger partial charge in [0.05, 0.1) is 17.8 Å². The van der Waals surface area contributed by atoms with E-state index in [2.05, 4.69) is 76.1 Å². The van der Waals surface area contributed by atoms with E-state index >= 15 is 0 Å². The van der Waals surface area contributed by atoms with Crippen molar-refractivity contribution < 1.29 is 24.2 Å². The monoisotopic (exact) mass is 767 g/mol. The molecule has 0 radical (unpaired) electrons. The number of phenolic OH excluding ortho intramolecular Hbond substituents is 1. The number of hydrogen-bond acceptors (Lipinski definition) is 11. The number of hydrogen-bond donors (Lipinski definition) is 2. The Labute approximate surface area is 327 Å². The van der Waals surface area contributed by atoms with Gasteiger partial charge in [0, 0.05) is 43.3 Å². The van der Waals surface area contributed by atoms with E-state index in [0.717, 1.165) is 31.2 Å². The number of thiazole rings is 1. The van der Waals surface area contributed by atoms with Gasteiger partial charge < -0.3 is 20.1 Å². The van der Waals surface area contributed by atoms with Crippen LogP contribution in [0.5, 0.6) is 5.75 Å². The van der Waals surface area contributed by atoms with Crippen LogP contribution in [0.25, 0.3) is 0 Å². The number of Topliss-reactive ketones (excluding diaryl/α,β-unsaturated/α-hetero) is 1. The maximum atomic E-state index is 14.7. The summed E-state index contributed by atoms with van der Waals surface area (Å²) >= 11 is 1.38. The van der Waals surface area contributed by atoms with Crippen molar-refractivity contribution in [1.29, 1.82) is 0 Å². The average Bonchev–Trinajstić information content (AvgIpc) is 3.87. The first-order chi connectivity index (χ1) is 25.8. The lowest BCUT2D eigenvalue weighted by atomic mass is 9.81. The third kappa shape index (κ3) is 12.5. The van der Waals surface area contributed by atoms with Crippen molar-refractivity contribution in [1.82, 2.24) is 20.1 Å². The first-order valence-corrected chi connectivity index (χ1v) is 20.7. The lowest BCUT2D eigenvalue weighted by Crippen LogP contribution is -2.50. The Bertz CT molecular complexity index is 1540. The van der Waals surface area contributed by atoms with Gasteiger partial charge in [-0.25, -0.2) is 4.98 Å². The maximum absolute atomic E-state index is 14.7. The molecule has 1 aromatic heterocycles. The Kier molecular flexibility index (Phi) is 18.4. The second-order valence-electron chi connectivity index (χ2n) is 15.3. The second kappa shape index (κ2) is 22.1. The predicted octanol–water partition coefficient (Wildman–Crippen LogP) is 7.73. The van der Waals surface area contributed by atoms with E-state index in [1.165, 1.54) is 11.3 Å². The molecular weight excluding hydrogens is 703 g/mol. The van der Waals surface area contributed by atoms with Crippen molar-refractivity contribution in [3.05, 3.63) is 45.9 Å². The van der Waals surface area contributed by atoms with Crippen LogP contribution in [0.1, 0.15) is 121 Å². The summed E-state index contributed by atoms with van der Waals surface area (Å²) in [7, 11) is 3.90. The Morgan fingerprint density at radius 2 is 1.67 bits per heavy atom. The summed E-state index contributed by atoms with van der Waals surface area (Å²) in [4.78, 5) is 51.1. The third-order valence-corrected chi connectivity index (χ3v) is 11.6. The molecule has 0 unspecified atom stereocenters. The van der Waals surface area contributed by atoms with E-state index in [4.69, 9.17) is 9.72 Å². The van der Waals surface area contributed by atoms with E-state index in [1.807, 2.05) is 36.0 Å². The number of nitrogens with one attached hydrogen (secondary N) is 1. The SMILES string of the molecule is CCCO[C@H](C[C@H](C(C)C)N(CCC)C(=O)[C@@H](CC(=O)[C@@H]([C@@H](C)CC)N(C)C)[C@@H](C)CC)c1nc(C(=O)N[C@@H](Cc2ccc(O)cc2)C2=NN=NC2)cs1. The van der Waals surface area contributed by atoms with Crippen LogP contribution in [0, 0.1) is 23.7 Å². The highest BCUT2D eigenvalue weighted by Gasteiger charge is 2.38. The molecule has 0 bridgehead atoms. The fourth-order valence-electron chi connectivity index (χ4n) is 7.16. The van der Waals surface area contributed by atoms with E-state index in [0.29, 0.717) is 43.3 Å².